The molecule has 5 fully saturated rings. The third-order valence-corrected chi connectivity index (χ3v) is 7.43. The summed E-state index contributed by atoms with van der Waals surface area (Å²) in [5, 5.41) is 14.8. The third kappa shape index (κ3) is 3.35. The fourth-order valence-electron chi connectivity index (χ4n) is 6.25. The molecule has 0 spiro atoms. The van der Waals surface area contributed by atoms with Crippen molar-refractivity contribution in [3.05, 3.63) is 22.8 Å². The zero-order valence-electron chi connectivity index (χ0n) is 16.2. The summed E-state index contributed by atoms with van der Waals surface area (Å²) < 4.78 is 6.01. The van der Waals surface area contributed by atoms with Gasteiger partial charge in [-0.1, -0.05) is 11.6 Å². The van der Waals surface area contributed by atoms with Crippen molar-refractivity contribution in [2.75, 3.05) is 18.4 Å². The predicted molar refractivity (Wildman–Crippen MR) is 106 cm³/mol. The number of aromatic nitrogens is 1. The van der Waals surface area contributed by atoms with E-state index in [1.54, 1.807) is 6.20 Å². The van der Waals surface area contributed by atoms with Crippen molar-refractivity contribution >= 4 is 23.5 Å². The number of carbonyl (C=O) groups excluding carboxylic acids is 1. The molecule has 4 saturated carbocycles. The fourth-order valence-corrected chi connectivity index (χ4v) is 6.46. The second-order valence-electron chi connectivity index (χ2n) is 9.44. The van der Waals surface area contributed by atoms with Crippen molar-refractivity contribution in [1.82, 2.24) is 9.88 Å². The lowest BCUT2D eigenvalue weighted by Gasteiger charge is -2.57. The molecule has 4 bridgehead atoms. The van der Waals surface area contributed by atoms with Crippen molar-refractivity contribution < 1.29 is 14.6 Å². The molecule has 0 aromatic carbocycles. The minimum Gasteiger partial charge on any atom is -0.446 e. The number of hydrogen-bond donors (Lipinski definition) is 2. The standard InChI is InChI=1S/C21H28ClN3O3/c1-12-4-16(22)10-23-19(12)24-17-2-3-25(11-17)20(26)28-18-14-5-13-6-15(18)9-21(27,7-13)8-14/h4,10,13-15,17-18,27H,2-3,5-9,11H2,1H3,(H,23,24)/t13?,14?,15?,17-,18-,21-/m1/s1. The quantitative estimate of drug-likeness (QED) is 0.803. The highest BCUT2D eigenvalue weighted by Crippen LogP contribution is 2.56. The van der Waals surface area contributed by atoms with Crippen LogP contribution >= 0.6 is 11.6 Å². The van der Waals surface area contributed by atoms with E-state index < -0.39 is 5.60 Å². The number of aliphatic hydroxyl groups is 1. The lowest BCUT2D eigenvalue weighted by atomic mass is 9.53. The molecule has 6 nitrogen and oxygen atoms in total. The van der Waals surface area contributed by atoms with E-state index in [9.17, 15) is 9.90 Å². The number of amides is 1. The van der Waals surface area contributed by atoms with Gasteiger partial charge in [0.2, 0.25) is 0 Å². The Morgan fingerprint density at radius 1 is 1.36 bits per heavy atom. The van der Waals surface area contributed by atoms with E-state index in [1.807, 2.05) is 17.9 Å². The van der Waals surface area contributed by atoms with Gasteiger partial charge < -0.3 is 20.1 Å². The Balaban J connectivity index is 1.18. The summed E-state index contributed by atoms with van der Waals surface area (Å²) in [4.78, 5) is 19.0. The van der Waals surface area contributed by atoms with Gasteiger partial charge in [-0.15, -0.1) is 0 Å². The molecule has 3 atom stereocenters. The first-order valence-electron chi connectivity index (χ1n) is 10.5. The van der Waals surface area contributed by atoms with Gasteiger partial charge in [-0.25, -0.2) is 9.78 Å². The van der Waals surface area contributed by atoms with Crippen LogP contribution in [-0.2, 0) is 4.74 Å². The number of aryl methyl sites for hydroxylation is 1. The van der Waals surface area contributed by atoms with E-state index in [0.717, 1.165) is 49.9 Å². The van der Waals surface area contributed by atoms with Crippen molar-refractivity contribution in [1.29, 1.82) is 0 Å². The van der Waals surface area contributed by atoms with Crippen LogP contribution in [-0.4, -0.2) is 51.9 Å². The molecule has 6 rings (SSSR count). The van der Waals surface area contributed by atoms with Crippen LogP contribution in [0.1, 0.15) is 44.1 Å². The molecule has 28 heavy (non-hydrogen) atoms. The number of rotatable bonds is 3. The Morgan fingerprint density at radius 2 is 2.11 bits per heavy atom. The summed E-state index contributed by atoms with van der Waals surface area (Å²) in [7, 11) is 0. The summed E-state index contributed by atoms with van der Waals surface area (Å²) in [5.41, 5.74) is 0.506. The Hall–Kier alpha value is -1.53. The summed E-state index contributed by atoms with van der Waals surface area (Å²) in [6.45, 7) is 3.29. The maximum absolute atomic E-state index is 12.8. The van der Waals surface area contributed by atoms with E-state index in [1.165, 1.54) is 0 Å². The largest absolute Gasteiger partial charge is 0.446 e. The average molecular weight is 406 g/mol. The zero-order chi connectivity index (χ0) is 19.5. The highest BCUT2D eigenvalue weighted by Gasteiger charge is 2.56. The molecule has 5 aliphatic rings. The molecule has 1 aromatic heterocycles. The van der Waals surface area contributed by atoms with Gasteiger partial charge in [0.05, 0.1) is 10.6 Å². The van der Waals surface area contributed by atoms with Gasteiger partial charge in [-0.05, 0) is 74.8 Å². The van der Waals surface area contributed by atoms with Gasteiger partial charge in [-0.3, -0.25) is 0 Å². The molecule has 2 N–H and O–H groups in total. The van der Waals surface area contributed by atoms with Gasteiger partial charge >= 0.3 is 6.09 Å². The Morgan fingerprint density at radius 3 is 2.79 bits per heavy atom. The molecule has 4 aliphatic carbocycles. The first-order chi connectivity index (χ1) is 13.4. The zero-order valence-corrected chi connectivity index (χ0v) is 17.0. The summed E-state index contributed by atoms with van der Waals surface area (Å²) in [6, 6.07) is 2.05. The van der Waals surface area contributed by atoms with Gasteiger partial charge in [-0.2, -0.15) is 0 Å². The number of carbonyl (C=O) groups is 1. The van der Waals surface area contributed by atoms with E-state index in [0.29, 0.717) is 35.9 Å². The smallest absolute Gasteiger partial charge is 0.410 e. The lowest BCUT2D eigenvalue weighted by molar-refractivity contribution is -0.177. The molecule has 1 aromatic rings. The second-order valence-corrected chi connectivity index (χ2v) is 9.87. The van der Waals surface area contributed by atoms with E-state index in [-0.39, 0.29) is 18.2 Å². The van der Waals surface area contributed by atoms with Crippen molar-refractivity contribution in [3.63, 3.8) is 0 Å². The van der Waals surface area contributed by atoms with Crippen LogP contribution in [0.3, 0.4) is 0 Å². The fraction of sp³-hybridized carbons (Fsp3) is 0.714. The van der Waals surface area contributed by atoms with Crippen molar-refractivity contribution in [3.8, 4) is 0 Å². The lowest BCUT2D eigenvalue weighted by Crippen LogP contribution is -2.58. The molecule has 1 aliphatic heterocycles. The van der Waals surface area contributed by atoms with E-state index in [2.05, 4.69) is 10.3 Å². The van der Waals surface area contributed by atoms with Crippen molar-refractivity contribution in [2.45, 2.75) is 63.2 Å². The summed E-state index contributed by atoms with van der Waals surface area (Å²) in [5.74, 6) is 2.10. The van der Waals surface area contributed by atoms with Crippen LogP contribution < -0.4 is 5.32 Å². The monoisotopic (exact) mass is 405 g/mol. The normalized spacial score (nSPS) is 38.7. The number of hydrogen-bond acceptors (Lipinski definition) is 5. The van der Waals surface area contributed by atoms with Gasteiger partial charge in [0.25, 0.3) is 0 Å². The SMILES string of the molecule is Cc1cc(Cl)cnc1N[C@@H]1CCN(C(=O)O[C@H]2C3CC4CC2C[C@](O)(C4)C3)C1. The van der Waals surface area contributed by atoms with Gasteiger partial charge in [0.1, 0.15) is 11.9 Å². The van der Waals surface area contributed by atoms with E-state index >= 15 is 0 Å². The number of pyridine rings is 1. The van der Waals surface area contributed by atoms with Crippen LogP contribution in [0.15, 0.2) is 12.3 Å². The van der Waals surface area contributed by atoms with Crippen LogP contribution in [0, 0.1) is 24.7 Å². The summed E-state index contributed by atoms with van der Waals surface area (Å²) >= 11 is 5.98. The van der Waals surface area contributed by atoms with Crippen molar-refractivity contribution in [2.24, 2.45) is 17.8 Å². The first kappa shape index (κ1) is 18.5. The van der Waals surface area contributed by atoms with Crippen LogP contribution in [0.2, 0.25) is 5.02 Å². The molecule has 7 heteroatoms. The predicted octanol–water partition coefficient (Wildman–Crippen LogP) is 3.61. The molecule has 2 heterocycles. The number of nitrogens with zero attached hydrogens (tertiary/aromatic N) is 2. The first-order valence-corrected chi connectivity index (χ1v) is 10.8. The topological polar surface area (TPSA) is 74.7 Å². The third-order valence-electron chi connectivity index (χ3n) is 7.22. The number of halogens is 1. The molecule has 152 valence electrons. The average Bonchev–Trinajstić information content (AvgIpc) is 3.08. The molecule has 1 saturated heterocycles. The molecule has 1 amide bonds. The number of anilines is 1. The number of nitrogens with one attached hydrogen (secondary N) is 1. The van der Waals surface area contributed by atoms with Gasteiger partial charge in [0.15, 0.2) is 0 Å². The second kappa shape index (κ2) is 6.77. The number of ether oxygens (including phenoxy) is 1. The highest BCUT2D eigenvalue weighted by molar-refractivity contribution is 6.30. The Labute approximate surface area is 170 Å². The number of likely N-dealkylation sites (tertiary alicyclic amines) is 1. The minimum atomic E-state index is -0.495. The molecular formula is C21H28ClN3O3. The minimum absolute atomic E-state index is 0.0171. The molecule has 0 radical (unpaired) electrons. The maximum atomic E-state index is 12.8. The molecule has 2 unspecified atom stereocenters. The van der Waals surface area contributed by atoms with Crippen LogP contribution in [0.5, 0.6) is 0 Å². The van der Waals surface area contributed by atoms with Crippen LogP contribution in [0.4, 0.5) is 10.6 Å². The maximum Gasteiger partial charge on any atom is 0.410 e. The Bertz CT molecular complexity index is 772. The molecular weight excluding hydrogens is 378 g/mol. The van der Waals surface area contributed by atoms with E-state index in [4.69, 9.17) is 16.3 Å². The Kier molecular flexibility index (Phi) is 4.47. The van der Waals surface area contributed by atoms with Crippen LogP contribution in [0.25, 0.3) is 0 Å². The van der Waals surface area contributed by atoms with Gasteiger partial charge in [0, 0.05) is 25.3 Å². The summed E-state index contributed by atoms with van der Waals surface area (Å²) in [6.07, 6.45) is 7.03. The highest BCUT2D eigenvalue weighted by atomic mass is 35.5.